The third-order valence-electron chi connectivity index (χ3n) is 6.42. The average molecular weight is 455 g/mol. The van der Waals surface area contributed by atoms with Gasteiger partial charge in [-0.05, 0) is 57.1 Å². The number of likely N-dealkylation sites (N-methyl/N-ethyl adjacent to an activating group) is 1. The van der Waals surface area contributed by atoms with E-state index in [-0.39, 0.29) is 6.61 Å². The van der Waals surface area contributed by atoms with Gasteiger partial charge in [0.25, 0.3) is 0 Å². The zero-order valence-electron chi connectivity index (χ0n) is 19.9. The van der Waals surface area contributed by atoms with Crippen LogP contribution in [0.5, 0.6) is 0 Å². The minimum atomic E-state index is 0.281. The number of benzene rings is 1. The zero-order valence-corrected chi connectivity index (χ0v) is 19.9. The number of aromatic nitrogens is 2. The van der Waals surface area contributed by atoms with Crippen molar-refractivity contribution < 1.29 is 9.84 Å². The van der Waals surface area contributed by atoms with Gasteiger partial charge in [0.15, 0.2) is 5.82 Å². The summed E-state index contributed by atoms with van der Waals surface area (Å²) in [6.07, 6.45) is 3.85. The van der Waals surface area contributed by atoms with Gasteiger partial charge < -0.3 is 30.3 Å². The van der Waals surface area contributed by atoms with Gasteiger partial charge in [-0.3, -0.25) is 0 Å². The van der Waals surface area contributed by atoms with Crippen LogP contribution in [0.3, 0.4) is 0 Å². The molecule has 3 N–H and O–H groups in total. The van der Waals surface area contributed by atoms with Gasteiger partial charge in [-0.15, -0.1) is 0 Å². The Morgan fingerprint density at radius 2 is 1.79 bits per heavy atom. The summed E-state index contributed by atoms with van der Waals surface area (Å²) in [6.45, 7) is 8.52. The molecule has 2 aromatic rings. The maximum atomic E-state index is 8.86. The van der Waals surface area contributed by atoms with Gasteiger partial charge in [-0.2, -0.15) is 0 Å². The van der Waals surface area contributed by atoms with Crippen LogP contribution < -0.4 is 15.5 Å². The predicted molar refractivity (Wildman–Crippen MR) is 133 cm³/mol. The molecule has 3 heterocycles. The third-order valence-corrected chi connectivity index (χ3v) is 6.42. The van der Waals surface area contributed by atoms with E-state index in [4.69, 9.17) is 19.8 Å². The summed E-state index contributed by atoms with van der Waals surface area (Å²) in [7, 11) is 2.18. The van der Waals surface area contributed by atoms with E-state index in [0.717, 1.165) is 100.0 Å². The highest BCUT2D eigenvalue weighted by Gasteiger charge is 2.19. The number of hydrogen-bond donors (Lipinski definition) is 3. The molecule has 0 bridgehead atoms. The second-order valence-electron chi connectivity index (χ2n) is 8.92. The number of nitrogens with zero attached hydrogens (tertiary/aromatic N) is 4. The molecule has 0 saturated carbocycles. The van der Waals surface area contributed by atoms with Gasteiger partial charge in [0, 0.05) is 69.1 Å². The number of unbranched alkanes of at least 4 members (excludes halogenated alkanes) is 2. The summed E-state index contributed by atoms with van der Waals surface area (Å²) in [5.41, 5.74) is 4.49. The van der Waals surface area contributed by atoms with Crippen molar-refractivity contribution in [3.05, 3.63) is 35.5 Å². The Morgan fingerprint density at radius 3 is 2.58 bits per heavy atom. The molecule has 0 amide bonds. The molecule has 33 heavy (non-hydrogen) atoms. The van der Waals surface area contributed by atoms with E-state index in [1.54, 1.807) is 0 Å². The minimum absolute atomic E-state index is 0.281. The van der Waals surface area contributed by atoms with E-state index in [2.05, 4.69) is 51.7 Å². The Labute approximate surface area is 197 Å². The van der Waals surface area contributed by atoms with Crippen LogP contribution in [0.15, 0.2) is 24.3 Å². The largest absolute Gasteiger partial charge is 0.396 e. The van der Waals surface area contributed by atoms with E-state index in [0.29, 0.717) is 13.2 Å². The summed E-state index contributed by atoms with van der Waals surface area (Å²) in [5, 5.41) is 15.8. The Morgan fingerprint density at radius 1 is 0.970 bits per heavy atom. The van der Waals surface area contributed by atoms with Gasteiger partial charge in [0.2, 0.25) is 0 Å². The van der Waals surface area contributed by atoms with Crippen LogP contribution in [-0.2, 0) is 17.8 Å². The van der Waals surface area contributed by atoms with Crippen molar-refractivity contribution in [3.8, 4) is 11.4 Å². The average Bonchev–Trinajstić information content (AvgIpc) is 2.86. The monoisotopic (exact) mass is 454 g/mol. The number of ether oxygens (including phenoxy) is 1. The first-order chi connectivity index (χ1) is 16.2. The molecule has 0 atom stereocenters. The fourth-order valence-corrected chi connectivity index (χ4v) is 4.33. The van der Waals surface area contributed by atoms with Crippen molar-refractivity contribution in [1.82, 2.24) is 20.2 Å². The SMILES string of the molecule is CN1CCN(c2ccc(-c3nc4c(c(NCCNCCCCCO)n3)COCC4)cc2)CC1. The molecule has 180 valence electrons. The van der Waals surface area contributed by atoms with Crippen LogP contribution >= 0.6 is 0 Å². The fraction of sp³-hybridized carbons (Fsp3) is 0.600. The summed E-state index contributed by atoms with van der Waals surface area (Å²) >= 11 is 0. The maximum absolute atomic E-state index is 8.86. The molecular formula is C25H38N6O2. The number of aliphatic hydroxyl groups excluding tert-OH is 1. The van der Waals surface area contributed by atoms with Crippen LogP contribution in [0.25, 0.3) is 11.4 Å². The summed E-state index contributed by atoms with van der Waals surface area (Å²) in [5.74, 6) is 1.67. The summed E-state index contributed by atoms with van der Waals surface area (Å²) in [4.78, 5) is 14.6. The number of rotatable bonds is 11. The molecule has 1 aromatic carbocycles. The second kappa shape index (κ2) is 12.3. The first-order valence-corrected chi connectivity index (χ1v) is 12.3. The number of hydrogen-bond acceptors (Lipinski definition) is 8. The summed E-state index contributed by atoms with van der Waals surface area (Å²) < 4.78 is 5.69. The third kappa shape index (κ3) is 6.63. The van der Waals surface area contributed by atoms with Crippen molar-refractivity contribution in [2.45, 2.75) is 32.3 Å². The zero-order chi connectivity index (χ0) is 22.9. The van der Waals surface area contributed by atoms with Gasteiger partial charge in [0.1, 0.15) is 5.82 Å². The van der Waals surface area contributed by atoms with Crippen LogP contribution in [0.1, 0.15) is 30.5 Å². The van der Waals surface area contributed by atoms with Crippen LogP contribution in [-0.4, -0.2) is 86.0 Å². The first-order valence-electron chi connectivity index (χ1n) is 12.3. The lowest BCUT2D eigenvalue weighted by atomic mass is 10.1. The van der Waals surface area contributed by atoms with E-state index >= 15 is 0 Å². The van der Waals surface area contributed by atoms with Crippen LogP contribution in [0, 0.1) is 0 Å². The normalized spacial score (nSPS) is 16.6. The first kappa shape index (κ1) is 23.9. The highest BCUT2D eigenvalue weighted by molar-refractivity contribution is 5.63. The molecule has 1 aromatic heterocycles. The lowest BCUT2D eigenvalue weighted by Gasteiger charge is -2.34. The smallest absolute Gasteiger partial charge is 0.161 e. The number of aliphatic hydroxyl groups is 1. The van der Waals surface area contributed by atoms with Crippen molar-refractivity contribution >= 4 is 11.5 Å². The van der Waals surface area contributed by atoms with Gasteiger partial charge in [-0.25, -0.2) is 9.97 Å². The predicted octanol–water partition coefficient (Wildman–Crippen LogP) is 2.13. The fourth-order valence-electron chi connectivity index (χ4n) is 4.33. The molecule has 8 nitrogen and oxygen atoms in total. The topological polar surface area (TPSA) is 85.8 Å². The van der Waals surface area contributed by atoms with Crippen LogP contribution in [0.4, 0.5) is 11.5 Å². The molecule has 4 rings (SSSR count). The highest BCUT2D eigenvalue weighted by atomic mass is 16.5. The Hall–Kier alpha value is -2.26. The van der Waals surface area contributed by atoms with E-state index in [1.807, 2.05) is 0 Å². The Balaban J connectivity index is 1.40. The van der Waals surface area contributed by atoms with Gasteiger partial charge in [-0.1, -0.05) is 0 Å². The van der Waals surface area contributed by atoms with Gasteiger partial charge in [0.05, 0.1) is 18.9 Å². The standard InChI is InChI=1S/C25H38N6O2/c1-30-13-15-31(16-14-30)21-7-5-20(6-8-21)24-28-23-9-18-33-19-22(23)25(29-24)27-12-11-26-10-3-2-4-17-32/h5-8,26,32H,2-4,9-19H2,1H3,(H,27,28,29). The van der Waals surface area contributed by atoms with Gasteiger partial charge >= 0.3 is 0 Å². The molecule has 0 spiro atoms. The van der Waals surface area contributed by atoms with E-state index in [1.165, 1.54) is 5.69 Å². The minimum Gasteiger partial charge on any atom is -0.396 e. The molecule has 0 aliphatic carbocycles. The Bertz CT molecular complexity index is 868. The molecule has 1 saturated heterocycles. The van der Waals surface area contributed by atoms with Crippen molar-refractivity contribution in [1.29, 1.82) is 0 Å². The molecule has 2 aliphatic rings. The van der Waals surface area contributed by atoms with E-state index in [9.17, 15) is 0 Å². The van der Waals surface area contributed by atoms with Crippen molar-refractivity contribution in [3.63, 3.8) is 0 Å². The molecule has 1 fully saturated rings. The summed E-state index contributed by atoms with van der Waals surface area (Å²) in [6, 6.07) is 8.68. The number of fused-ring (bicyclic) bond motifs is 1. The highest BCUT2D eigenvalue weighted by Crippen LogP contribution is 2.27. The van der Waals surface area contributed by atoms with Crippen LogP contribution in [0.2, 0.25) is 0 Å². The quantitative estimate of drug-likeness (QED) is 0.445. The second-order valence-corrected chi connectivity index (χ2v) is 8.92. The number of nitrogens with one attached hydrogen (secondary N) is 2. The lowest BCUT2D eigenvalue weighted by molar-refractivity contribution is 0.109. The maximum Gasteiger partial charge on any atom is 0.161 e. The van der Waals surface area contributed by atoms with Crippen molar-refractivity contribution in [2.24, 2.45) is 0 Å². The Kier molecular flexibility index (Phi) is 8.88. The van der Waals surface area contributed by atoms with Crippen molar-refractivity contribution in [2.75, 3.05) is 76.3 Å². The van der Waals surface area contributed by atoms with E-state index < -0.39 is 0 Å². The molecular weight excluding hydrogens is 416 g/mol. The number of anilines is 2. The molecule has 2 aliphatic heterocycles. The molecule has 0 radical (unpaired) electrons. The molecule has 0 unspecified atom stereocenters. The number of piperazine rings is 1. The molecule has 8 heteroatoms. The lowest BCUT2D eigenvalue weighted by Crippen LogP contribution is -2.44.